The van der Waals surface area contributed by atoms with Crippen LogP contribution in [0.3, 0.4) is 0 Å². The van der Waals surface area contributed by atoms with Crippen LogP contribution in [0.15, 0.2) is 58.4 Å². The maximum absolute atomic E-state index is 12.4. The molecule has 2 aromatic carbocycles. The Morgan fingerprint density at radius 3 is 2.64 bits per heavy atom. The van der Waals surface area contributed by atoms with Crippen LogP contribution in [0.25, 0.3) is 11.3 Å². The van der Waals surface area contributed by atoms with Crippen LogP contribution in [0.4, 0.5) is 17.3 Å². The Bertz CT molecular complexity index is 1290. The number of nitro groups is 1. The van der Waals surface area contributed by atoms with E-state index in [1.807, 2.05) is 12.1 Å². The van der Waals surface area contributed by atoms with Gasteiger partial charge >= 0.3 is 0 Å². The number of rotatable bonds is 6. The first-order valence-electron chi connectivity index (χ1n) is 10.5. The highest BCUT2D eigenvalue weighted by Crippen LogP contribution is 2.27. The number of nitriles is 1. The second-order valence-corrected chi connectivity index (χ2v) is 7.53. The highest BCUT2D eigenvalue weighted by molar-refractivity contribution is 5.89. The molecule has 3 aromatic rings. The third-order valence-corrected chi connectivity index (χ3v) is 5.37. The first-order chi connectivity index (χ1) is 16.1. The van der Waals surface area contributed by atoms with Crippen molar-refractivity contribution in [1.82, 2.24) is 9.97 Å². The number of hydrazone groups is 1. The van der Waals surface area contributed by atoms with E-state index in [2.05, 4.69) is 25.4 Å². The van der Waals surface area contributed by atoms with E-state index >= 15 is 0 Å². The molecular weight excluding hydrogens is 422 g/mol. The minimum atomic E-state index is -0.589. The first-order valence-corrected chi connectivity index (χ1v) is 10.5. The van der Waals surface area contributed by atoms with E-state index in [0.717, 1.165) is 38.0 Å². The second kappa shape index (κ2) is 9.74. The normalized spacial score (nSPS) is 13.6. The van der Waals surface area contributed by atoms with Crippen molar-refractivity contribution in [2.24, 2.45) is 5.10 Å². The Morgan fingerprint density at radius 1 is 1.18 bits per heavy atom. The number of piperidine rings is 1. The number of H-pyrrole nitrogens is 1. The Hall–Kier alpha value is -4.52. The van der Waals surface area contributed by atoms with Gasteiger partial charge in [-0.25, -0.2) is 10.4 Å². The van der Waals surface area contributed by atoms with Gasteiger partial charge in [0.1, 0.15) is 11.6 Å². The van der Waals surface area contributed by atoms with E-state index in [9.17, 15) is 20.2 Å². The molecule has 0 spiro atoms. The van der Waals surface area contributed by atoms with Gasteiger partial charge in [0.25, 0.3) is 11.2 Å². The Morgan fingerprint density at radius 2 is 1.94 bits per heavy atom. The highest BCUT2D eigenvalue weighted by Gasteiger charge is 2.17. The number of benzene rings is 2. The van der Waals surface area contributed by atoms with Crippen molar-refractivity contribution in [3.05, 3.63) is 80.1 Å². The van der Waals surface area contributed by atoms with Gasteiger partial charge in [-0.05, 0) is 25.3 Å². The quantitative estimate of drug-likeness (QED) is 0.336. The average molecular weight is 443 g/mol. The van der Waals surface area contributed by atoms with Crippen molar-refractivity contribution in [1.29, 1.82) is 5.26 Å². The van der Waals surface area contributed by atoms with Crippen LogP contribution in [0.5, 0.6) is 0 Å². The lowest BCUT2D eigenvalue weighted by atomic mass is 10.1. The number of nitrogens with zero attached hydrogens (tertiary/aromatic N) is 5. The van der Waals surface area contributed by atoms with E-state index in [0.29, 0.717) is 11.1 Å². The number of hydrogen-bond donors (Lipinski definition) is 2. The monoisotopic (exact) mass is 443 g/mol. The minimum absolute atomic E-state index is 0.0338. The van der Waals surface area contributed by atoms with Gasteiger partial charge in [0, 0.05) is 42.0 Å². The maximum Gasteiger partial charge on any atom is 0.270 e. The molecule has 1 saturated heterocycles. The van der Waals surface area contributed by atoms with Crippen LogP contribution < -0.4 is 15.9 Å². The van der Waals surface area contributed by atoms with Gasteiger partial charge in [0.15, 0.2) is 0 Å². The van der Waals surface area contributed by atoms with E-state index in [-0.39, 0.29) is 22.9 Å². The summed E-state index contributed by atoms with van der Waals surface area (Å²) in [5, 5.41) is 24.8. The SMILES string of the molecule is N#Cc1c(-c2ccccc2)nc(NN=Cc2cc([N+](=O)[O-])ccc2N2CCCCC2)[nH]c1=O. The molecule has 0 aliphatic carbocycles. The molecule has 10 heteroatoms. The number of nitro benzene ring substituents is 1. The molecule has 10 nitrogen and oxygen atoms in total. The first kappa shape index (κ1) is 21.7. The second-order valence-electron chi connectivity index (χ2n) is 7.53. The standard InChI is InChI=1S/C23H21N7O3/c24-14-19-21(16-7-3-1-4-8-16)26-23(27-22(19)31)28-25-15-17-13-18(30(32)33)9-10-20(17)29-11-5-2-6-12-29/h1,3-4,7-10,13,15H,2,5-6,11-12H2,(H2,26,27,28,31). The molecule has 0 bridgehead atoms. The van der Waals surface area contributed by atoms with Crippen LogP contribution in [-0.4, -0.2) is 34.2 Å². The predicted molar refractivity (Wildman–Crippen MR) is 125 cm³/mol. The molecule has 1 aliphatic heterocycles. The molecule has 4 rings (SSSR count). The molecule has 0 unspecified atom stereocenters. The maximum atomic E-state index is 12.4. The molecule has 33 heavy (non-hydrogen) atoms. The van der Waals surface area contributed by atoms with Crippen LogP contribution in [-0.2, 0) is 0 Å². The van der Waals surface area contributed by atoms with Crippen LogP contribution in [0.1, 0.15) is 30.4 Å². The zero-order valence-electron chi connectivity index (χ0n) is 17.7. The molecule has 1 aromatic heterocycles. The Balaban J connectivity index is 1.65. The lowest BCUT2D eigenvalue weighted by molar-refractivity contribution is -0.384. The highest BCUT2D eigenvalue weighted by atomic mass is 16.6. The zero-order chi connectivity index (χ0) is 23.2. The van der Waals surface area contributed by atoms with Gasteiger partial charge in [-0.15, -0.1) is 0 Å². The average Bonchev–Trinajstić information content (AvgIpc) is 2.84. The fourth-order valence-corrected chi connectivity index (χ4v) is 3.78. The van der Waals surface area contributed by atoms with Crippen molar-refractivity contribution in [3.8, 4) is 17.3 Å². The lowest BCUT2D eigenvalue weighted by Crippen LogP contribution is -2.30. The number of hydrogen-bond acceptors (Lipinski definition) is 8. The third kappa shape index (κ3) is 4.88. The molecule has 2 N–H and O–H groups in total. The van der Waals surface area contributed by atoms with Gasteiger partial charge in [0.2, 0.25) is 5.95 Å². The molecule has 1 aliphatic rings. The summed E-state index contributed by atoms with van der Waals surface area (Å²) < 4.78 is 0. The van der Waals surface area contributed by atoms with Gasteiger partial charge in [0.05, 0.1) is 16.8 Å². The van der Waals surface area contributed by atoms with E-state index in [1.165, 1.54) is 18.3 Å². The molecule has 0 saturated carbocycles. The predicted octanol–water partition coefficient (Wildman–Crippen LogP) is 3.65. The Labute approximate surface area is 189 Å². The summed E-state index contributed by atoms with van der Waals surface area (Å²) in [4.78, 5) is 32.2. The molecule has 1 fully saturated rings. The number of aromatic nitrogens is 2. The number of non-ortho nitro benzene ring substituents is 1. The number of nitrogens with one attached hydrogen (secondary N) is 2. The van der Waals surface area contributed by atoms with Crippen molar-refractivity contribution in [2.75, 3.05) is 23.4 Å². The van der Waals surface area contributed by atoms with Crippen molar-refractivity contribution in [3.63, 3.8) is 0 Å². The molecule has 166 valence electrons. The van der Waals surface area contributed by atoms with E-state index in [1.54, 1.807) is 30.3 Å². The Kier molecular flexibility index (Phi) is 6.40. The molecule has 0 amide bonds. The molecule has 2 heterocycles. The summed E-state index contributed by atoms with van der Waals surface area (Å²) in [6.45, 7) is 1.74. The number of anilines is 2. The summed E-state index contributed by atoms with van der Waals surface area (Å²) in [7, 11) is 0. The summed E-state index contributed by atoms with van der Waals surface area (Å²) in [6.07, 6.45) is 4.75. The minimum Gasteiger partial charge on any atom is -0.371 e. The fourth-order valence-electron chi connectivity index (χ4n) is 3.78. The lowest BCUT2D eigenvalue weighted by Gasteiger charge is -2.29. The van der Waals surface area contributed by atoms with Crippen LogP contribution >= 0.6 is 0 Å². The largest absolute Gasteiger partial charge is 0.371 e. The van der Waals surface area contributed by atoms with Gasteiger partial charge in [-0.3, -0.25) is 19.9 Å². The molecule has 0 atom stereocenters. The summed E-state index contributed by atoms with van der Waals surface area (Å²) >= 11 is 0. The van der Waals surface area contributed by atoms with Crippen molar-refractivity contribution < 1.29 is 4.92 Å². The zero-order valence-corrected chi connectivity index (χ0v) is 17.7. The summed E-state index contributed by atoms with van der Waals surface area (Å²) in [5.41, 5.74) is 4.26. The van der Waals surface area contributed by atoms with E-state index in [4.69, 9.17) is 0 Å². The van der Waals surface area contributed by atoms with Crippen molar-refractivity contribution >= 4 is 23.5 Å². The summed E-state index contributed by atoms with van der Waals surface area (Å²) in [5.74, 6) is 0.0547. The topological polar surface area (TPSA) is 140 Å². The fraction of sp³-hybridized carbons (Fsp3) is 0.217. The van der Waals surface area contributed by atoms with E-state index < -0.39 is 10.5 Å². The summed E-state index contributed by atoms with van der Waals surface area (Å²) in [6, 6.07) is 15.5. The number of aromatic amines is 1. The van der Waals surface area contributed by atoms with Gasteiger partial charge < -0.3 is 4.90 Å². The van der Waals surface area contributed by atoms with Gasteiger partial charge in [-0.1, -0.05) is 30.3 Å². The third-order valence-electron chi connectivity index (χ3n) is 5.37. The van der Waals surface area contributed by atoms with Crippen LogP contribution in [0.2, 0.25) is 0 Å². The molecular formula is C23H21N7O3. The van der Waals surface area contributed by atoms with Crippen molar-refractivity contribution in [2.45, 2.75) is 19.3 Å². The van der Waals surface area contributed by atoms with Gasteiger partial charge in [-0.2, -0.15) is 10.4 Å². The molecule has 0 radical (unpaired) electrons. The van der Waals surface area contributed by atoms with Crippen LogP contribution in [0, 0.1) is 21.4 Å². The smallest absolute Gasteiger partial charge is 0.270 e.